The van der Waals surface area contributed by atoms with E-state index in [2.05, 4.69) is 28.9 Å². The molecule has 0 atom stereocenters. The highest BCUT2D eigenvalue weighted by molar-refractivity contribution is 5.66. The molecular formula is C12H15N5. The van der Waals surface area contributed by atoms with E-state index in [4.69, 9.17) is 5.73 Å². The van der Waals surface area contributed by atoms with Crippen LogP contribution in [0.3, 0.4) is 0 Å². The van der Waals surface area contributed by atoms with E-state index in [-0.39, 0.29) is 0 Å². The molecule has 2 N–H and O–H groups in total. The van der Waals surface area contributed by atoms with Gasteiger partial charge >= 0.3 is 0 Å². The molecule has 1 aliphatic carbocycles. The van der Waals surface area contributed by atoms with E-state index in [9.17, 15) is 0 Å². The van der Waals surface area contributed by atoms with Crippen molar-refractivity contribution in [3.8, 4) is 11.4 Å². The summed E-state index contributed by atoms with van der Waals surface area (Å²) >= 11 is 0. The van der Waals surface area contributed by atoms with Crippen molar-refractivity contribution in [3.05, 3.63) is 23.5 Å². The minimum Gasteiger partial charge on any atom is -0.368 e. The van der Waals surface area contributed by atoms with Crippen LogP contribution in [0, 0.1) is 0 Å². The highest BCUT2D eigenvalue weighted by Gasteiger charge is 2.23. The first-order chi connectivity index (χ1) is 8.16. The molecule has 3 rings (SSSR count). The number of nitrogens with two attached hydrogens (primary N) is 1. The van der Waals surface area contributed by atoms with Crippen LogP contribution in [0.2, 0.25) is 0 Å². The standard InChI is InChI=1S/C12H15N5/c1-7(2)17-11-9(6-15-17)4-3-8-5-14-12(13)16-10(8)11/h5-7H,3-4H2,1-2H3,(H2,13,14,16). The number of rotatable bonds is 1. The predicted molar refractivity (Wildman–Crippen MR) is 65.5 cm³/mol. The molecule has 2 heterocycles. The SMILES string of the molecule is CC(C)n1ncc2c1-c1nc(N)ncc1CC2. The van der Waals surface area contributed by atoms with Gasteiger partial charge in [0.2, 0.25) is 5.95 Å². The van der Waals surface area contributed by atoms with E-state index in [0.29, 0.717) is 12.0 Å². The Balaban J connectivity index is 2.26. The normalized spacial score (nSPS) is 13.6. The van der Waals surface area contributed by atoms with Gasteiger partial charge in [0.15, 0.2) is 0 Å². The molecule has 5 nitrogen and oxygen atoms in total. The first-order valence-corrected chi connectivity index (χ1v) is 5.85. The maximum absolute atomic E-state index is 5.68. The van der Waals surface area contributed by atoms with Crippen LogP contribution in [0.15, 0.2) is 12.4 Å². The van der Waals surface area contributed by atoms with Crippen molar-refractivity contribution in [1.82, 2.24) is 19.7 Å². The summed E-state index contributed by atoms with van der Waals surface area (Å²) in [6.45, 7) is 4.23. The van der Waals surface area contributed by atoms with Crippen molar-refractivity contribution in [1.29, 1.82) is 0 Å². The lowest BCUT2D eigenvalue weighted by atomic mass is 9.95. The molecule has 2 aromatic rings. The molecule has 0 bridgehead atoms. The Hall–Kier alpha value is -1.91. The summed E-state index contributed by atoms with van der Waals surface area (Å²) < 4.78 is 2.01. The van der Waals surface area contributed by atoms with Crippen LogP contribution in [0.25, 0.3) is 11.4 Å². The quantitative estimate of drug-likeness (QED) is 0.806. The second kappa shape index (κ2) is 3.55. The fraction of sp³-hybridized carbons (Fsp3) is 0.417. The summed E-state index contributed by atoms with van der Waals surface area (Å²) in [5.41, 5.74) is 10.2. The Morgan fingerprint density at radius 1 is 1.24 bits per heavy atom. The Morgan fingerprint density at radius 2 is 2.00 bits per heavy atom. The molecule has 0 unspecified atom stereocenters. The number of nitrogens with zero attached hydrogens (tertiary/aromatic N) is 4. The van der Waals surface area contributed by atoms with Crippen LogP contribution in [-0.4, -0.2) is 19.7 Å². The minimum absolute atomic E-state index is 0.320. The van der Waals surface area contributed by atoms with E-state index in [1.54, 1.807) is 0 Å². The van der Waals surface area contributed by atoms with Gasteiger partial charge < -0.3 is 5.73 Å². The van der Waals surface area contributed by atoms with Crippen LogP contribution in [0.5, 0.6) is 0 Å². The molecule has 0 saturated carbocycles. The maximum atomic E-state index is 5.68. The van der Waals surface area contributed by atoms with E-state index in [1.165, 1.54) is 5.56 Å². The number of hydrogen-bond acceptors (Lipinski definition) is 4. The molecule has 0 amide bonds. The Morgan fingerprint density at radius 3 is 2.76 bits per heavy atom. The fourth-order valence-electron chi connectivity index (χ4n) is 2.31. The van der Waals surface area contributed by atoms with Crippen molar-refractivity contribution < 1.29 is 0 Å². The van der Waals surface area contributed by atoms with Crippen LogP contribution in [0.4, 0.5) is 5.95 Å². The van der Waals surface area contributed by atoms with Gasteiger partial charge in [0.1, 0.15) is 0 Å². The van der Waals surface area contributed by atoms with Gasteiger partial charge in [0.05, 0.1) is 17.6 Å². The molecule has 0 spiro atoms. The summed E-state index contributed by atoms with van der Waals surface area (Å²) in [5.74, 6) is 0.327. The summed E-state index contributed by atoms with van der Waals surface area (Å²) in [4.78, 5) is 8.44. The molecule has 5 heteroatoms. The van der Waals surface area contributed by atoms with E-state index in [0.717, 1.165) is 29.8 Å². The Bertz CT molecular complexity index is 570. The van der Waals surface area contributed by atoms with Crippen LogP contribution in [0.1, 0.15) is 31.0 Å². The second-order valence-electron chi connectivity index (χ2n) is 4.66. The van der Waals surface area contributed by atoms with E-state index in [1.807, 2.05) is 17.1 Å². The number of fused-ring (bicyclic) bond motifs is 3. The predicted octanol–water partition coefficient (Wildman–Crippen LogP) is 1.60. The lowest BCUT2D eigenvalue weighted by Gasteiger charge is -2.18. The van der Waals surface area contributed by atoms with E-state index < -0.39 is 0 Å². The maximum Gasteiger partial charge on any atom is 0.220 e. The molecule has 17 heavy (non-hydrogen) atoms. The third kappa shape index (κ3) is 1.50. The van der Waals surface area contributed by atoms with Crippen molar-refractivity contribution >= 4 is 5.95 Å². The summed E-state index contributed by atoms with van der Waals surface area (Å²) in [6, 6.07) is 0.320. The van der Waals surface area contributed by atoms with Crippen molar-refractivity contribution in [2.45, 2.75) is 32.7 Å². The Labute approximate surface area is 99.7 Å². The third-order valence-electron chi connectivity index (χ3n) is 3.13. The monoisotopic (exact) mass is 229 g/mol. The van der Waals surface area contributed by atoms with Crippen molar-refractivity contribution in [2.75, 3.05) is 5.73 Å². The smallest absolute Gasteiger partial charge is 0.220 e. The number of nitrogen functional groups attached to an aromatic ring is 1. The Kier molecular flexibility index (Phi) is 2.14. The highest BCUT2D eigenvalue weighted by atomic mass is 15.3. The average molecular weight is 229 g/mol. The topological polar surface area (TPSA) is 69.6 Å². The third-order valence-corrected chi connectivity index (χ3v) is 3.13. The number of hydrogen-bond donors (Lipinski definition) is 1. The second-order valence-corrected chi connectivity index (χ2v) is 4.66. The molecule has 1 aliphatic rings. The van der Waals surface area contributed by atoms with Crippen molar-refractivity contribution in [3.63, 3.8) is 0 Å². The summed E-state index contributed by atoms with van der Waals surface area (Å²) in [5, 5.41) is 4.44. The highest BCUT2D eigenvalue weighted by Crippen LogP contribution is 2.33. The van der Waals surface area contributed by atoms with Gasteiger partial charge in [-0.1, -0.05) is 0 Å². The first-order valence-electron chi connectivity index (χ1n) is 5.85. The molecule has 2 aromatic heterocycles. The van der Waals surface area contributed by atoms with Crippen LogP contribution >= 0.6 is 0 Å². The van der Waals surface area contributed by atoms with Gasteiger partial charge in [-0.3, -0.25) is 4.68 Å². The average Bonchev–Trinajstić information content (AvgIpc) is 2.73. The van der Waals surface area contributed by atoms with Crippen LogP contribution < -0.4 is 5.73 Å². The zero-order valence-electron chi connectivity index (χ0n) is 10.0. The molecular weight excluding hydrogens is 214 g/mol. The number of aryl methyl sites for hydroxylation is 2. The number of anilines is 1. The first kappa shape index (κ1) is 10.3. The van der Waals surface area contributed by atoms with Gasteiger partial charge in [-0.2, -0.15) is 5.10 Å². The minimum atomic E-state index is 0.320. The lowest BCUT2D eigenvalue weighted by Crippen LogP contribution is -2.13. The van der Waals surface area contributed by atoms with Crippen LogP contribution in [-0.2, 0) is 12.8 Å². The fourth-order valence-corrected chi connectivity index (χ4v) is 2.31. The molecule has 0 aromatic carbocycles. The molecule has 88 valence electrons. The van der Waals surface area contributed by atoms with Gasteiger partial charge in [-0.05, 0) is 32.3 Å². The van der Waals surface area contributed by atoms with Gasteiger partial charge in [0, 0.05) is 17.8 Å². The zero-order chi connectivity index (χ0) is 12.0. The molecule has 0 aliphatic heterocycles. The largest absolute Gasteiger partial charge is 0.368 e. The van der Waals surface area contributed by atoms with Crippen molar-refractivity contribution in [2.24, 2.45) is 0 Å². The van der Waals surface area contributed by atoms with Gasteiger partial charge in [-0.25, -0.2) is 9.97 Å². The van der Waals surface area contributed by atoms with E-state index >= 15 is 0 Å². The van der Waals surface area contributed by atoms with Gasteiger partial charge in [0.25, 0.3) is 0 Å². The zero-order valence-corrected chi connectivity index (χ0v) is 10.0. The van der Waals surface area contributed by atoms with Gasteiger partial charge in [-0.15, -0.1) is 0 Å². The molecule has 0 saturated heterocycles. The summed E-state index contributed by atoms with van der Waals surface area (Å²) in [7, 11) is 0. The molecule has 0 radical (unpaired) electrons. The molecule has 0 fully saturated rings. The lowest BCUT2D eigenvalue weighted by molar-refractivity contribution is 0.536. The number of aromatic nitrogens is 4. The summed E-state index contributed by atoms with van der Waals surface area (Å²) in [6.07, 6.45) is 5.74.